The van der Waals surface area contributed by atoms with Gasteiger partial charge in [-0.3, -0.25) is 15.6 Å². The highest BCUT2D eigenvalue weighted by Crippen LogP contribution is 2.20. The van der Waals surface area contributed by atoms with Gasteiger partial charge in [-0.1, -0.05) is 29.8 Å². The molecule has 7 heteroatoms. The van der Waals surface area contributed by atoms with Gasteiger partial charge in [-0.15, -0.1) is 0 Å². The molecule has 1 heterocycles. The van der Waals surface area contributed by atoms with Crippen LogP contribution >= 0.6 is 11.6 Å². The number of nitrogens with zero attached hydrogens (tertiary/aromatic N) is 2. The third-order valence-corrected chi connectivity index (χ3v) is 2.47. The number of amides is 1. The molecular formula is C11H10ClN5O. The van der Waals surface area contributed by atoms with E-state index in [0.717, 1.165) is 0 Å². The number of hydrogen-bond donors (Lipinski definition) is 3. The van der Waals surface area contributed by atoms with Gasteiger partial charge < -0.3 is 5.73 Å². The molecule has 2 rings (SSSR count). The summed E-state index contributed by atoms with van der Waals surface area (Å²) in [5, 5.41) is 0.126. The topological polar surface area (TPSA) is 92.9 Å². The number of hydrogen-bond acceptors (Lipinski definition) is 5. The second-order valence-corrected chi connectivity index (χ2v) is 3.73. The summed E-state index contributed by atoms with van der Waals surface area (Å²) in [6.07, 6.45) is 1.25. The normalized spacial score (nSPS) is 9.83. The minimum absolute atomic E-state index is 0.126. The summed E-state index contributed by atoms with van der Waals surface area (Å²) in [7, 11) is 0. The summed E-state index contributed by atoms with van der Waals surface area (Å²) >= 11 is 5.72. The number of hydrazine groups is 1. The zero-order valence-electron chi connectivity index (χ0n) is 9.22. The largest absolute Gasteiger partial charge is 0.393 e. The fourth-order valence-corrected chi connectivity index (χ4v) is 1.38. The standard InChI is InChI=1S/C11H10ClN5O/c12-9-8(13)10(15-6-14-9)16-17-11(18)7-4-2-1-3-5-7/h1-6H,13H2,(H,17,18)(H,14,15,16). The van der Waals surface area contributed by atoms with Gasteiger partial charge in [0.05, 0.1) is 0 Å². The van der Waals surface area contributed by atoms with Crippen LogP contribution in [0.5, 0.6) is 0 Å². The third-order valence-electron chi connectivity index (χ3n) is 2.17. The lowest BCUT2D eigenvalue weighted by Gasteiger charge is -2.09. The first-order chi connectivity index (χ1) is 8.68. The SMILES string of the molecule is Nc1c(Cl)ncnc1NNC(=O)c1ccccc1. The van der Waals surface area contributed by atoms with Crippen LogP contribution in [0.1, 0.15) is 10.4 Å². The fraction of sp³-hybridized carbons (Fsp3) is 0. The predicted octanol–water partition coefficient (Wildman–Crippen LogP) is 1.47. The highest BCUT2D eigenvalue weighted by molar-refractivity contribution is 6.32. The summed E-state index contributed by atoms with van der Waals surface area (Å²) < 4.78 is 0. The minimum Gasteiger partial charge on any atom is -0.393 e. The van der Waals surface area contributed by atoms with Crippen molar-refractivity contribution in [3.8, 4) is 0 Å². The van der Waals surface area contributed by atoms with Crippen LogP contribution in [0.25, 0.3) is 0 Å². The molecular weight excluding hydrogens is 254 g/mol. The Balaban J connectivity index is 2.04. The first-order valence-corrected chi connectivity index (χ1v) is 5.43. The zero-order chi connectivity index (χ0) is 13.0. The minimum atomic E-state index is -0.301. The van der Waals surface area contributed by atoms with E-state index in [0.29, 0.717) is 5.56 Å². The molecule has 0 radical (unpaired) electrons. The van der Waals surface area contributed by atoms with Crippen molar-refractivity contribution in [2.75, 3.05) is 11.2 Å². The molecule has 1 amide bonds. The lowest BCUT2D eigenvalue weighted by atomic mass is 10.2. The Morgan fingerprint density at radius 2 is 1.94 bits per heavy atom. The van der Waals surface area contributed by atoms with E-state index in [1.165, 1.54) is 6.33 Å². The van der Waals surface area contributed by atoms with Gasteiger partial charge in [-0.2, -0.15) is 0 Å². The van der Waals surface area contributed by atoms with Crippen LogP contribution in [0.3, 0.4) is 0 Å². The lowest BCUT2D eigenvalue weighted by Crippen LogP contribution is -2.30. The smallest absolute Gasteiger partial charge is 0.269 e. The fourth-order valence-electron chi connectivity index (χ4n) is 1.25. The Hall–Kier alpha value is -2.34. The number of rotatable bonds is 3. The summed E-state index contributed by atoms with van der Waals surface area (Å²) in [5.74, 6) is -0.0518. The molecule has 0 spiro atoms. The van der Waals surface area contributed by atoms with E-state index in [1.54, 1.807) is 24.3 Å². The Labute approximate surface area is 108 Å². The predicted molar refractivity (Wildman–Crippen MR) is 69.0 cm³/mol. The number of nitrogen functional groups attached to an aromatic ring is 1. The molecule has 18 heavy (non-hydrogen) atoms. The summed E-state index contributed by atoms with van der Waals surface area (Å²) in [4.78, 5) is 19.3. The molecule has 0 saturated heterocycles. The highest BCUT2D eigenvalue weighted by Gasteiger charge is 2.08. The Bertz CT molecular complexity index is 561. The molecule has 1 aromatic heterocycles. The Kier molecular flexibility index (Phi) is 3.59. The van der Waals surface area contributed by atoms with Gasteiger partial charge in [0, 0.05) is 5.56 Å². The molecule has 2 aromatic rings. The van der Waals surface area contributed by atoms with Gasteiger partial charge in [0.25, 0.3) is 5.91 Å². The number of halogens is 1. The van der Waals surface area contributed by atoms with Crippen LogP contribution < -0.4 is 16.6 Å². The van der Waals surface area contributed by atoms with Crippen LogP contribution in [0.2, 0.25) is 5.15 Å². The molecule has 1 aromatic carbocycles. The molecule has 0 unspecified atom stereocenters. The number of benzene rings is 1. The first-order valence-electron chi connectivity index (χ1n) is 5.06. The van der Waals surface area contributed by atoms with E-state index < -0.39 is 0 Å². The molecule has 0 aliphatic rings. The summed E-state index contributed by atoms with van der Waals surface area (Å²) in [5.41, 5.74) is 11.4. The summed E-state index contributed by atoms with van der Waals surface area (Å²) in [6, 6.07) is 8.74. The van der Waals surface area contributed by atoms with E-state index >= 15 is 0 Å². The number of carbonyl (C=O) groups is 1. The second kappa shape index (κ2) is 5.33. The molecule has 0 bridgehead atoms. The molecule has 0 aliphatic heterocycles. The van der Waals surface area contributed by atoms with E-state index in [-0.39, 0.29) is 22.6 Å². The maximum Gasteiger partial charge on any atom is 0.269 e. The van der Waals surface area contributed by atoms with Crippen molar-refractivity contribution < 1.29 is 4.79 Å². The molecule has 0 aliphatic carbocycles. The van der Waals surface area contributed by atoms with Crippen LogP contribution in [-0.2, 0) is 0 Å². The van der Waals surface area contributed by atoms with Gasteiger partial charge in [-0.05, 0) is 12.1 Å². The molecule has 92 valence electrons. The van der Waals surface area contributed by atoms with Crippen molar-refractivity contribution in [2.24, 2.45) is 0 Å². The van der Waals surface area contributed by atoms with Crippen LogP contribution in [0, 0.1) is 0 Å². The third kappa shape index (κ3) is 2.67. The van der Waals surface area contributed by atoms with E-state index in [1.807, 2.05) is 6.07 Å². The lowest BCUT2D eigenvalue weighted by molar-refractivity contribution is 0.0962. The van der Waals surface area contributed by atoms with Gasteiger partial charge >= 0.3 is 0 Å². The van der Waals surface area contributed by atoms with Crippen molar-refractivity contribution in [3.63, 3.8) is 0 Å². The van der Waals surface area contributed by atoms with Crippen molar-refractivity contribution in [1.82, 2.24) is 15.4 Å². The molecule has 0 atom stereocenters. The molecule has 4 N–H and O–H groups in total. The van der Waals surface area contributed by atoms with Gasteiger partial charge in [0.15, 0.2) is 11.0 Å². The van der Waals surface area contributed by atoms with Crippen molar-refractivity contribution in [2.45, 2.75) is 0 Å². The van der Waals surface area contributed by atoms with E-state index in [2.05, 4.69) is 20.8 Å². The second-order valence-electron chi connectivity index (χ2n) is 3.37. The van der Waals surface area contributed by atoms with E-state index in [4.69, 9.17) is 17.3 Å². The molecule has 0 saturated carbocycles. The van der Waals surface area contributed by atoms with Crippen LogP contribution in [0.4, 0.5) is 11.5 Å². The van der Waals surface area contributed by atoms with Gasteiger partial charge in [-0.25, -0.2) is 9.97 Å². The van der Waals surface area contributed by atoms with Crippen LogP contribution in [0.15, 0.2) is 36.7 Å². The number of nitrogens with two attached hydrogens (primary N) is 1. The Morgan fingerprint density at radius 1 is 1.22 bits per heavy atom. The number of anilines is 2. The maximum atomic E-state index is 11.7. The van der Waals surface area contributed by atoms with Crippen LogP contribution in [-0.4, -0.2) is 15.9 Å². The quantitative estimate of drug-likeness (QED) is 0.576. The monoisotopic (exact) mass is 263 g/mol. The van der Waals surface area contributed by atoms with Crippen molar-refractivity contribution in [1.29, 1.82) is 0 Å². The number of aromatic nitrogens is 2. The van der Waals surface area contributed by atoms with E-state index in [9.17, 15) is 4.79 Å². The maximum absolute atomic E-state index is 11.7. The molecule has 0 fully saturated rings. The number of carbonyl (C=O) groups excluding carboxylic acids is 1. The zero-order valence-corrected chi connectivity index (χ0v) is 9.98. The highest BCUT2D eigenvalue weighted by atomic mass is 35.5. The van der Waals surface area contributed by atoms with Gasteiger partial charge in [0.1, 0.15) is 12.0 Å². The van der Waals surface area contributed by atoms with Crippen molar-refractivity contribution in [3.05, 3.63) is 47.4 Å². The summed E-state index contributed by atoms with van der Waals surface area (Å²) in [6.45, 7) is 0. The number of nitrogens with one attached hydrogen (secondary N) is 2. The average Bonchev–Trinajstić information content (AvgIpc) is 2.41. The van der Waals surface area contributed by atoms with Crippen molar-refractivity contribution >= 4 is 29.0 Å². The first kappa shape index (κ1) is 12.1. The Morgan fingerprint density at radius 3 is 2.67 bits per heavy atom. The average molecular weight is 264 g/mol. The molecule has 6 nitrogen and oxygen atoms in total. The van der Waals surface area contributed by atoms with Gasteiger partial charge in [0.2, 0.25) is 0 Å².